The number of aromatic nitrogens is 1. The van der Waals surface area contributed by atoms with E-state index in [9.17, 15) is 4.79 Å². The highest BCUT2D eigenvalue weighted by Gasteiger charge is 2.37. The first kappa shape index (κ1) is 16.1. The zero-order chi connectivity index (χ0) is 17.4. The number of rotatable bonds is 3. The molecule has 0 N–H and O–H groups in total. The minimum atomic E-state index is -0.154. The molecule has 0 aliphatic carbocycles. The van der Waals surface area contributed by atoms with Crippen LogP contribution in [-0.2, 0) is 6.54 Å². The first-order chi connectivity index (χ1) is 12.1. The van der Waals surface area contributed by atoms with Crippen molar-refractivity contribution in [3.8, 4) is 0 Å². The molecule has 0 spiro atoms. The molecule has 0 saturated carbocycles. The Bertz CT molecular complexity index is 923. The van der Waals surface area contributed by atoms with E-state index in [2.05, 4.69) is 4.98 Å². The number of carbonyl (C=O) groups is 1. The van der Waals surface area contributed by atoms with E-state index in [0.29, 0.717) is 16.6 Å². The molecule has 1 aliphatic heterocycles. The van der Waals surface area contributed by atoms with E-state index < -0.39 is 0 Å². The van der Waals surface area contributed by atoms with E-state index in [1.54, 1.807) is 12.3 Å². The number of benzene rings is 2. The molecular formula is C20H14Cl2N2O. The number of hydrogen-bond acceptors (Lipinski definition) is 2. The Hall–Kier alpha value is -2.36. The molecule has 25 heavy (non-hydrogen) atoms. The van der Waals surface area contributed by atoms with Gasteiger partial charge in [-0.2, -0.15) is 0 Å². The van der Waals surface area contributed by atoms with Crippen LogP contribution >= 0.6 is 23.2 Å². The van der Waals surface area contributed by atoms with Crippen LogP contribution in [0.1, 0.15) is 33.2 Å². The van der Waals surface area contributed by atoms with E-state index in [1.165, 1.54) is 0 Å². The molecule has 2 heterocycles. The van der Waals surface area contributed by atoms with E-state index in [-0.39, 0.29) is 11.9 Å². The number of pyridine rings is 1. The van der Waals surface area contributed by atoms with Crippen LogP contribution in [0.15, 0.2) is 66.9 Å². The van der Waals surface area contributed by atoms with Gasteiger partial charge in [-0.15, -0.1) is 0 Å². The second-order valence-corrected chi connectivity index (χ2v) is 6.82. The summed E-state index contributed by atoms with van der Waals surface area (Å²) in [6, 6.07) is 18.8. The lowest BCUT2D eigenvalue weighted by atomic mass is 9.98. The Labute approximate surface area is 155 Å². The maximum absolute atomic E-state index is 13.0. The summed E-state index contributed by atoms with van der Waals surface area (Å²) in [5.41, 5.74) is 3.56. The lowest BCUT2D eigenvalue weighted by Gasteiger charge is -2.25. The first-order valence-electron chi connectivity index (χ1n) is 7.89. The van der Waals surface area contributed by atoms with Gasteiger partial charge in [0.05, 0.1) is 23.3 Å². The summed E-state index contributed by atoms with van der Waals surface area (Å²) < 4.78 is 0. The number of halogens is 2. The minimum Gasteiger partial charge on any atom is -0.322 e. The Kier molecular flexibility index (Phi) is 4.20. The van der Waals surface area contributed by atoms with Crippen LogP contribution < -0.4 is 0 Å². The van der Waals surface area contributed by atoms with E-state index in [4.69, 9.17) is 23.2 Å². The van der Waals surface area contributed by atoms with Gasteiger partial charge in [-0.05, 0) is 41.5 Å². The van der Waals surface area contributed by atoms with Crippen molar-refractivity contribution >= 4 is 29.1 Å². The lowest BCUT2D eigenvalue weighted by molar-refractivity contribution is 0.0733. The van der Waals surface area contributed by atoms with Crippen LogP contribution in [0.4, 0.5) is 0 Å². The molecule has 124 valence electrons. The third-order valence-corrected chi connectivity index (χ3v) is 4.84. The van der Waals surface area contributed by atoms with E-state index in [0.717, 1.165) is 22.4 Å². The molecule has 0 radical (unpaired) electrons. The highest BCUT2D eigenvalue weighted by atomic mass is 35.5. The SMILES string of the molecule is O=C1c2ccccc2C(c2ccc(Cl)cc2)N1Cc1ccc(Cl)cn1. The quantitative estimate of drug-likeness (QED) is 0.641. The van der Waals surface area contributed by atoms with Crippen molar-refractivity contribution in [2.75, 3.05) is 0 Å². The van der Waals surface area contributed by atoms with Gasteiger partial charge in [0, 0.05) is 16.8 Å². The molecule has 1 amide bonds. The Balaban J connectivity index is 1.76. The van der Waals surface area contributed by atoms with Gasteiger partial charge in [-0.25, -0.2) is 0 Å². The smallest absolute Gasteiger partial charge is 0.255 e. The van der Waals surface area contributed by atoms with Gasteiger partial charge < -0.3 is 4.90 Å². The van der Waals surface area contributed by atoms with Crippen LogP contribution in [0.5, 0.6) is 0 Å². The highest BCUT2D eigenvalue weighted by molar-refractivity contribution is 6.30. The molecule has 1 unspecified atom stereocenters. The predicted octanol–water partition coefficient (Wildman–Crippen LogP) is 5.13. The summed E-state index contributed by atoms with van der Waals surface area (Å²) in [6.07, 6.45) is 1.60. The van der Waals surface area contributed by atoms with Gasteiger partial charge in [0.2, 0.25) is 0 Å². The topological polar surface area (TPSA) is 33.2 Å². The molecular weight excluding hydrogens is 355 g/mol. The molecule has 0 saturated heterocycles. The molecule has 0 fully saturated rings. The molecule has 4 rings (SSSR count). The zero-order valence-electron chi connectivity index (χ0n) is 13.2. The minimum absolute atomic E-state index is 0.00676. The molecule has 1 atom stereocenters. The summed E-state index contributed by atoms with van der Waals surface area (Å²) in [4.78, 5) is 19.1. The van der Waals surface area contributed by atoms with Crippen LogP contribution in [0.25, 0.3) is 0 Å². The van der Waals surface area contributed by atoms with Crippen LogP contribution in [0.3, 0.4) is 0 Å². The van der Waals surface area contributed by atoms with Gasteiger partial charge in [0.1, 0.15) is 0 Å². The average Bonchev–Trinajstić information content (AvgIpc) is 2.90. The number of amides is 1. The Morgan fingerprint density at radius 1 is 0.920 bits per heavy atom. The van der Waals surface area contributed by atoms with Crippen LogP contribution in [0.2, 0.25) is 10.0 Å². The van der Waals surface area contributed by atoms with E-state index >= 15 is 0 Å². The number of carbonyl (C=O) groups excluding carboxylic acids is 1. The zero-order valence-corrected chi connectivity index (χ0v) is 14.7. The van der Waals surface area contributed by atoms with Crippen molar-refractivity contribution in [2.45, 2.75) is 12.6 Å². The number of nitrogens with zero attached hydrogens (tertiary/aromatic N) is 2. The van der Waals surface area contributed by atoms with Crippen molar-refractivity contribution in [1.29, 1.82) is 0 Å². The monoisotopic (exact) mass is 368 g/mol. The van der Waals surface area contributed by atoms with Crippen LogP contribution in [-0.4, -0.2) is 15.8 Å². The third-order valence-electron chi connectivity index (χ3n) is 4.37. The third kappa shape index (κ3) is 3.01. The second kappa shape index (κ2) is 6.51. The first-order valence-corrected chi connectivity index (χ1v) is 8.65. The van der Waals surface area contributed by atoms with Gasteiger partial charge in [0.15, 0.2) is 0 Å². The summed E-state index contributed by atoms with van der Waals surface area (Å²) in [6.45, 7) is 0.415. The molecule has 5 heteroatoms. The van der Waals surface area contributed by atoms with Crippen molar-refractivity contribution in [3.63, 3.8) is 0 Å². The average molecular weight is 369 g/mol. The van der Waals surface area contributed by atoms with Crippen molar-refractivity contribution in [3.05, 3.63) is 99.3 Å². The largest absolute Gasteiger partial charge is 0.322 e. The van der Waals surface area contributed by atoms with Crippen molar-refractivity contribution < 1.29 is 4.79 Å². The molecule has 3 nitrogen and oxygen atoms in total. The fourth-order valence-corrected chi connectivity index (χ4v) is 3.45. The Morgan fingerprint density at radius 2 is 1.64 bits per heavy atom. The van der Waals surface area contributed by atoms with Gasteiger partial charge in [0.25, 0.3) is 5.91 Å². The van der Waals surface area contributed by atoms with Crippen LogP contribution in [0, 0.1) is 0 Å². The molecule has 1 aliphatic rings. The molecule has 0 bridgehead atoms. The normalized spacial score (nSPS) is 16.2. The fourth-order valence-electron chi connectivity index (χ4n) is 3.21. The van der Waals surface area contributed by atoms with E-state index in [1.807, 2.05) is 59.5 Å². The second-order valence-electron chi connectivity index (χ2n) is 5.94. The Morgan fingerprint density at radius 3 is 2.36 bits per heavy atom. The van der Waals surface area contributed by atoms with Gasteiger partial charge >= 0.3 is 0 Å². The van der Waals surface area contributed by atoms with Gasteiger partial charge in [-0.1, -0.05) is 53.5 Å². The molecule has 3 aromatic rings. The van der Waals surface area contributed by atoms with Crippen molar-refractivity contribution in [2.24, 2.45) is 0 Å². The summed E-state index contributed by atoms with van der Waals surface area (Å²) in [5.74, 6) is 0.00676. The summed E-state index contributed by atoms with van der Waals surface area (Å²) in [7, 11) is 0. The maximum Gasteiger partial charge on any atom is 0.255 e. The number of fused-ring (bicyclic) bond motifs is 1. The summed E-state index contributed by atoms with van der Waals surface area (Å²) >= 11 is 11.9. The number of hydrogen-bond donors (Lipinski definition) is 0. The van der Waals surface area contributed by atoms with Gasteiger partial charge in [-0.3, -0.25) is 9.78 Å². The summed E-state index contributed by atoms with van der Waals surface area (Å²) in [5, 5.41) is 1.25. The molecule has 1 aromatic heterocycles. The molecule has 2 aromatic carbocycles. The highest BCUT2D eigenvalue weighted by Crippen LogP contribution is 2.39. The lowest BCUT2D eigenvalue weighted by Crippen LogP contribution is -2.28. The fraction of sp³-hybridized carbons (Fsp3) is 0.100. The maximum atomic E-state index is 13.0. The standard InChI is InChI=1S/C20H14Cl2N2O/c21-14-7-5-13(6-8-14)19-17-3-1-2-4-18(17)20(25)24(19)12-16-10-9-15(22)11-23-16/h1-11,19H,12H2. The predicted molar refractivity (Wildman–Crippen MR) is 98.9 cm³/mol. The van der Waals surface area contributed by atoms with Crippen molar-refractivity contribution in [1.82, 2.24) is 9.88 Å².